The average Bonchev–Trinajstić information content (AvgIpc) is 2.80. The van der Waals surface area contributed by atoms with Crippen molar-refractivity contribution in [3.63, 3.8) is 0 Å². The Labute approximate surface area is 141 Å². The number of nitrogens with zero attached hydrogens (tertiary/aromatic N) is 1. The fourth-order valence-corrected chi connectivity index (χ4v) is 4.37. The van der Waals surface area contributed by atoms with Crippen LogP contribution in [-0.4, -0.2) is 12.1 Å². The van der Waals surface area contributed by atoms with Gasteiger partial charge in [-0.25, -0.2) is 0 Å². The second-order valence-electron chi connectivity index (χ2n) is 7.88. The number of benzene rings is 2. The summed E-state index contributed by atoms with van der Waals surface area (Å²) >= 11 is 0. The predicted molar refractivity (Wildman–Crippen MR) is 100 cm³/mol. The Bertz CT molecular complexity index is 659. The summed E-state index contributed by atoms with van der Waals surface area (Å²) in [6.45, 7) is 10.6. The van der Waals surface area contributed by atoms with Gasteiger partial charge in [-0.3, -0.25) is 0 Å². The summed E-state index contributed by atoms with van der Waals surface area (Å²) in [5.41, 5.74) is 4.77. The van der Waals surface area contributed by atoms with E-state index in [4.69, 9.17) is 0 Å². The highest BCUT2D eigenvalue weighted by molar-refractivity contribution is 5.58. The molecule has 23 heavy (non-hydrogen) atoms. The molecular formula is C22H29N. The zero-order chi connectivity index (χ0) is 16.5. The molecule has 3 rings (SSSR count). The molecule has 1 aliphatic heterocycles. The number of aryl methyl sites for hydroxylation is 1. The lowest BCUT2D eigenvalue weighted by atomic mass is 9.78. The van der Waals surface area contributed by atoms with E-state index in [9.17, 15) is 0 Å². The van der Waals surface area contributed by atoms with Crippen LogP contribution in [0, 0.1) is 0 Å². The van der Waals surface area contributed by atoms with Gasteiger partial charge < -0.3 is 4.90 Å². The number of para-hydroxylation sites is 1. The first-order valence-corrected chi connectivity index (χ1v) is 8.87. The zero-order valence-electron chi connectivity index (χ0n) is 15.0. The SMILES string of the molecule is CCCc1ccccc1N1CC(C)(c2ccccc2)CC1(C)C. The minimum Gasteiger partial charge on any atom is -0.365 e. The summed E-state index contributed by atoms with van der Waals surface area (Å²) in [4.78, 5) is 2.64. The van der Waals surface area contributed by atoms with E-state index in [1.165, 1.54) is 29.7 Å². The average molecular weight is 307 g/mol. The molecule has 0 spiro atoms. The van der Waals surface area contributed by atoms with E-state index < -0.39 is 0 Å². The molecule has 0 radical (unpaired) electrons. The highest BCUT2D eigenvalue weighted by Gasteiger charge is 2.46. The quantitative estimate of drug-likeness (QED) is 0.712. The molecule has 0 aromatic heterocycles. The summed E-state index contributed by atoms with van der Waals surface area (Å²) in [7, 11) is 0. The summed E-state index contributed by atoms with van der Waals surface area (Å²) in [5, 5.41) is 0. The van der Waals surface area contributed by atoms with Gasteiger partial charge in [-0.2, -0.15) is 0 Å². The van der Waals surface area contributed by atoms with E-state index in [1.54, 1.807) is 0 Å². The standard InChI is InChI=1S/C22H29N/c1-5-11-18-12-9-10-15-20(18)23-17-22(4,16-21(23,2)3)19-13-7-6-8-14-19/h6-10,12-15H,5,11,16-17H2,1-4H3. The van der Waals surface area contributed by atoms with Crippen molar-refractivity contribution in [2.45, 2.75) is 57.9 Å². The highest BCUT2D eigenvalue weighted by atomic mass is 15.2. The molecule has 1 saturated heterocycles. The molecule has 1 atom stereocenters. The molecule has 1 nitrogen and oxygen atoms in total. The fourth-order valence-electron chi connectivity index (χ4n) is 4.37. The number of hydrogen-bond acceptors (Lipinski definition) is 1. The minimum atomic E-state index is 0.175. The molecule has 1 heteroatoms. The van der Waals surface area contributed by atoms with Crippen molar-refractivity contribution in [1.82, 2.24) is 0 Å². The van der Waals surface area contributed by atoms with Gasteiger partial charge in [-0.05, 0) is 43.9 Å². The van der Waals surface area contributed by atoms with Crippen molar-refractivity contribution in [3.05, 3.63) is 65.7 Å². The normalized spacial score (nSPS) is 23.2. The second-order valence-corrected chi connectivity index (χ2v) is 7.88. The minimum absolute atomic E-state index is 0.175. The third-order valence-corrected chi connectivity index (χ3v) is 5.33. The summed E-state index contributed by atoms with van der Waals surface area (Å²) in [5.74, 6) is 0. The Balaban J connectivity index is 1.98. The molecule has 0 aliphatic carbocycles. The monoisotopic (exact) mass is 307 g/mol. The van der Waals surface area contributed by atoms with Gasteiger partial charge in [0, 0.05) is 23.2 Å². The molecular weight excluding hydrogens is 278 g/mol. The van der Waals surface area contributed by atoms with Gasteiger partial charge in [-0.1, -0.05) is 68.8 Å². The van der Waals surface area contributed by atoms with Gasteiger partial charge >= 0.3 is 0 Å². The maximum absolute atomic E-state index is 2.64. The summed E-state index contributed by atoms with van der Waals surface area (Å²) < 4.78 is 0. The maximum atomic E-state index is 2.64. The van der Waals surface area contributed by atoms with Crippen molar-refractivity contribution in [3.8, 4) is 0 Å². The first-order valence-electron chi connectivity index (χ1n) is 8.87. The lowest BCUT2D eigenvalue weighted by Gasteiger charge is -2.35. The van der Waals surface area contributed by atoms with E-state index >= 15 is 0 Å². The van der Waals surface area contributed by atoms with Crippen LogP contribution in [0.2, 0.25) is 0 Å². The van der Waals surface area contributed by atoms with Gasteiger partial charge in [-0.15, -0.1) is 0 Å². The molecule has 1 aliphatic rings. The van der Waals surface area contributed by atoms with Crippen molar-refractivity contribution in [2.24, 2.45) is 0 Å². The Morgan fingerprint density at radius 3 is 2.26 bits per heavy atom. The molecule has 1 fully saturated rings. The van der Waals surface area contributed by atoms with Gasteiger partial charge in [0.1, 0.15) is 0 Å². The van der Waals surface area contributed by atoms with Crippen LogP contribution in [0.4, 0.5) is 5.69 Å². The molecule has 1 heterocycles. The highest BCUT2D eigenvalue weighted by Crippen LogP contribution is 2.46. The molecule has 0 amide bonds. The molecule has 2 aromatic rings. The Morgan fingerprint density at radius 2 is 1.57 bits per heavy atom. The van der Waals surface area contributed by atoms with E-state index in [0.717, 1.165) is 13.0 Å². The van der Waals surface area contributed by atoms with Crippen LogP contribution < -0.4 is 4.90 Å². The third-order valence-electron chi connectivity index (χ3n) is 5.33. The second kappa shape index (κ2) is 6.03. The first kappa shape index (κ1) is 16.1. The number of hydrogen-bond donors (Lipinski definition) is 0. The fraction of sp³-hybridized carbons (Fsp3) is 0.455. The molecule has 122 valence electrons. The maximum Gasteiger partial charge on any atom is 0.0403 e. The van der Waals surface area contributed by atoms with Crippen LogP contribution >= 0.6 is 0 Å². The van der Waals surface area contributed by atoms with Crippen LogP contribution in [0.1, 0.15) is 51.7 Å². The van der Waals surface area contributed by atoms with Gasteiger partial charge in [0.15, 0.2) is 0 Å². The molecule has 2 aromatic carbocycles. The van der Waals surface area contributed by atoms with Gasteiger partial charge in [0.2, 0.25) is 0 Å². The van der Waals surface area contributed by atoms with E-state index in [1.807, 2.05) is 0 Å². The summed E-state index contributed by atoms with van der Waals surface area (Å²) in [6.07, 6.45) is 3.54. The van der Waals surface area contributed by atoms with Crippen molar-refractivity contribution in [1.29, 1.82) is 0 Å². The van der Waals surface area contributed by atoms with E-state index in [0.29, 0.717) is 0 Å². The summed E-state index contributed by atoms with van der Waals surface area (Å²) in [6, 6.07) is 20.0. The Morgan fingerprint density at radius 1 is 0.913 bits per heavy atom. The van der Waals surface area contributed by atoms with E-state index in [2.05, 4.69) is 87.2 Å². The smallest absolute Gasteiger partial charge is 0.0403 e. The Hall–Kier alpha value is -1.76. The lowest BCUT2D eigenvalue weighted by molar-refractivity contribution is 0.445. The van der Waals surface area contributed by atoms with Crippen LogP contribution in [0.25, 0.3) is 0 Å². The van der Waals surface area contributed by atoms with Crippen molar-refractivity contribution < 1.29 is 0 Å². The van der Waals surface area contributed by atoms with Crippen LogP contribution in [0.5, 0.6) is 0 Å². The lowest BCUT2D eigenvalue weighted by Crippen LogP contribution is -2.38. The molecule has 0 saturated carbocycles. The van der Waals surface area contributed by atoms with Crippen molar-refractivity contribution >= 4 is 5.69 Å². The predicted octanol–water partition coefficient (Wildman–Crippen LogP) is 5.59. The third kappa shape index (κ3) is 3.02. The Kier molecular flexibility index (Phi) is 4.23. The number of anilines is 1. The topological polar surface area (TPSA) is 3.24 Å². The van der Waals surface area contributed by atoms with Crippen molar-refractivity contribution in [2.75, 3.05) is 11.4 Å². The zero-order valence-corrected chi connectivity index (χ0v) is 15.0. The largest absolute Gasteiger partial charge is 0.365 e. The van der Waals surface area contributed by atoms with Crippen LogP contribution in [-0.2, 0) is 11.8 Å². The van der Waals surface area contributed by atoms with Gasteiger partial charge in [0.05, 0.1) is 0 Å². The number of rotatable bonds is 4. The first-order chi connectivity index (χ1) is 11.0. The van der Waals surface area contributed by atoms with E-state index in [-0.39, 0.29) is 11.0 Å². The van der Waals surface area contributed by atoms with Gasteiger partial charge in [0.25, 0.3) is 0 Å². The molecule has 0 N–H and O–H groups in total. The molecule has 1 unspecified atom stereocenters. The molecule has 0 bridgehead atoms. The van der Waals surface area contributed by atoms with Crippen LogP contribution in [0.3, 0.4) is 0 Å². The van der Waals surface area contributed by atoms with Crippen LogP contribution in [0.15, 0.2) is 54.6 Å².